The minimum Gasteiger partial charge on any atom is -0.478 e. The van der Waals surface area contributed by atoms with Crippen LogP contribution in [0.5, 0.6) is 0 Å². The molecular formula is C13H18O2. The molecule has 0 bridgehead atoms. The van der Waals surface area contributed by atoms with Gasteiger partial charge in [0.25, 0.3) is 0 Å². The maximum absolute atomic E-state index is 11.0. The molecule has 0 aliphatic heterocycles. The van der Waals surface area contributed by atoms with Crippen LogP contribution in [0.25, 0.3) is 0 Å². The lowest BCUT2D eigenvalue weighted by molar-refractivity contribution is 0.0695. The van der Waals surface area contributed by atoms with Crippen LogP contribution in [0.2, 0.25) is 0 Å². The second-order valence-corrected chi connectivity index (χ2v) is 3.78. The van der Waals surface area contributed by atoms with Crippen LogP contribution in [-0.4, -0.2) is 11.1 Å². The van der Waals surface area contributed by atoms with E-state index in [1.807, 2.05) is 13.0 Å². The van der Waals surface area contributed by atoms with Crippen molar-refractivity contribution in [1.29, 1.82) is 0 Å². The van der Waals surface area contributed by atoms with Crippen molar-refractivity contribution in [1.82, 2.24) is 0 Å². The first kappa shape index (κ1) is 11.8. The van der Waals surface area contributed by atoms with E-state index in [2.05, 4.69) is 13.8 Å². The fourth-order valence-corrected chi connectivity index (χ4v) is 1.96. The SMILES string of the molecule is CCCc1c(C(=O)O)ccc(CC)c1C. The van der Waals surface area contributed by atoms with Crippen molar-refractivity contribution < 1.29 is 9.90 Å². The van der Waals surface area contributed by atoms with Gasteiger partial charge in [-0.2, -0.15) is 0 Å². The van der Waals surface area contributed by atoms with Gasteiger partial charge in [0, 0.05) is 0 Å². The van der Waals surface area contributed by atoms with E-state index in [4.69, 9.17) is 5.11 Å². The quantitative estimate of drug-likeness (QED) is 0.821. The minimum atomic E-state index is -0.816. The van der Waals surface area contributed by atoms with E-state index in [0.29, 0.717) is 5.56 Å². The fraction of sp³-hybridized carbons (Fsp3) is 0.462. The molecule has 0 heterocycles. The Morgan fingerprint density at radius 2 is 2.00 bits per heavy atom. The maximum atomic E-state index is 11.0. The number of aryl methyl sites for hydroxylation is 1. The summed E-state index contributed by atoms with van der Waals surface area (Å²) < 4.78 is 0. The first-order chi connectivity index (χ1) is 7.11. The lowest BCUT2D eigenvalue weighted by atomic mass is 9.93. The molecule has 0 saturated carbocycles. The number of carboxylic acid groups (broad SMARTS) is 1. The highest BCUT2D eigenvalue weighted by atomic mass is 16.4. The molecule has 0 fully saturated rings. The van der Waals surface area contributed by atoms with E-state index in [1.165, 1.54) is 5.56 Å². The molecule has 1 aromatic carbocycles. The maximum Gasteiger partial charge on any atom is 0.335 e. The van der Waals surface area contributed by atoms with Crippen molar-refractivity contribution in [3.8, 4) is 0 Å². The van der Waals surface area contributed by atoms with E-state index in [0.717, 1.165) is 30.4 Å². The van der Waals surface area contributed by atoms with Gasteiger partial charge >= 0.3 is 5.97 Å². The van der Waals surface area contributed by atoms with Crippen LogP contribution in [0.3, 0.4) is 0 Å². The predicted octanol–water partition coefficient (Wildman–Crippen LogP) is 3.21. The molecule has 0 radical (unpaired) electrons. The molecular weight excluding hydrogens is 188 g/mol. The topological polar surface area (TPSA) is 37.3 Å². The lowest BCUT2D eigenvalue weighted by Gasteiger charge is -2.12. The van der Waals surface area contributed by atoms with Gasteiger partial charge in [0.2, 0.25) is 0 Å². The molecule has 2 heteroatoms. The molecule has 0 spiro atoms. The number of benzene rings is 1. The molecule has 0 aliphatic rings. The van der Waals surface area contributed by atoms with Gasteiger partial charge in [-0.3, -0.25) is 0 Å². The lowest BCUT2D eigenvalue weighted by Crippen LogP contribution is -2.06. The van der Waals surface area contributed by atoms with Crippen LogP contribution in [0.15, 0.2) is 12.1 Å². The Bertz CT molecular complexity index is 367. The molecule has 0 atom stereocenters. The van der Waals surface area contributed by atoms with Crippen LogP contribution >= 0.6 is 0 Å². The van der Waals surface area contributed by atoms with Crippen LogP contribution in [-0.2, 0) is 12.8 Å². The smallest absolute Gasteiger partial charge is 0.335 e. The van der Waals surface area contributed by atoms with Gasteiger partial charge in [-0.05, 0) is 42.5 Å². The molecule has 1 aromatic rings. The highest BCUT2D eigenvalue weighted by molar-refractivity contribution is 5.90. The average molecular weight is 206 g/mol. The molecule has 82 valence electrons. The number of hydrogen-bond acceptors (Lipinski definition) is 1. The molecule has 0 aliphatic carbocycles. The highest BCUT2D eigenvalue weighted by Crippen LogP contribution is 2.21. The van der Waals surface area contributed by atoms with Crippen molar-refractivity contribution in [2.24, 2.45) is 0 Å². The summed E-state index contributed by atoms with van der Waals surface area (Å²) >= 11 is 0. The second-order valence-electron chi connectivity index (χ2n) is 3.78. The van der Waals surface area contributed by atoms with Gasteiger partial charge < -0.3 is 5.11 Å². The molecule has 2 nitrogen and oxygen atoms in total. The number of carbonyl (C=O) groups is 1. The zero-order chi connectivity index (χ0) is 11.4. The monoisotopic (exact) mass is 206 g/mol. The third-order valence-electron chi connectivity index (χ3n) is 2.82. The summed E-state index contributed by atoms with van der Waals surface area (Å²) in [6.07, 6.45) is 2.79. The average Bonchev–Trinajstić information content (AvgIpc) is 2.20. The number of rotatable bonds is 4. The summed E-state index contributed by atoms with van der Waals surface area (Å²) in [6, 6.07) is 3.66. The molecule has 0 amide bonds. The molecule has 0 unspecified atom stereocenters. The molecule has 1 N–H and O–H groups in total. The Morgan fingerprint density at radius 3 is 2.47 bits per heavy atom. The van der Waals surface area contributed by atoms with Crippen molar-refractivity contribution in [3.63, 3.8) is 0 Å². The van der Waals surface area contributed by atoms with Gasteiger partial charge in [0.05, 0.1) is 5.56 Å². The number of hydrogen-bond donors (Lipinski definition) is 1. The van der Waals surface area contributed by atoms with Crippen LogP contribution < -0.4 is 0 Å². The summed E-state index contributed by atoms with van der Waals surface area (Å²) in [5.41, 5.74) is 3.87. The van der Waals surface area contributed by atoms with Crippen molar-refractivity contribution in [3.05, 3.63) is 34.4 Å². The van der Waals surface area contributed by atoms with E-state index in [9.17, 15) is 4.79 Å². The zero-order valence-electron chi connectivity index (χ0n) is 9.63. The largest absolute Gasteiger partial charge is 0.478 e. The van der Waals surface area contributed by atoms with E-state index in [1.54, 1.807) is 6.07 Å². The third-order valence-corrected chi connectivity index (χ3v) is 2.82. The third kappa shape index (κ3) is 2.38. The van der Waals surface area contributed by atoms with Crippen molar-refractivity contribution in [2.45, 2.75) is 40.0 Å². The van der Waals surface area contributed by atoms with Gasteiger partial charge in [-0.15, -0.1) is 0 Å². The highest BCUT2D eigenvalue weighted by Gasteiger charge is 2.13. The summed E-state index contributed by atoms with van der Waals surface area (Å²) in [4.78, 5) is 11.0. The van der Waals surface area contributed by atoms with Crippen LogP contribution in [0.4, 0.5) is 0 Å². The van der Waals surface area contributed by atoms with E-state index in [-0.39, 0.29) is 0 Å². The Morgan fingerprint density at radius 1 is 1.33 bits per heavy atom. The normalized spacial score (nSPS) is 10.3. The second kappa shape index (κ2) is 4.96. The Kier molecular flexibility index (Phi) is 3.89. The van der Waals surface area contributed by atoms with E-state index >= 15 is 0 Å². The summed E-state index contributed by atoms with van der Waals surface area (Å²) in [7, 11) is 0. The number of aromatic carboxylic acids is 1. The molecule has 15 heavy (non-hydrogen) atoms. The van der Waals surface area contributed by atoms with Gasteiger partial charge in [-0.25, -0.2) is 4.79 Å². The molecule has 0 aromatic heterocycles. The molecule has 0 saturated heterocycles. The first-order valence-corrected chi connectivity index (χ1v) is 5.46. The molecule has 1 rings (SSSR count). The number of carboxylic acids is 1. The summed E-state index contributed by atoms with van der Waals surface area (Å²) in [5.74, 6) is -0.816. The fourth-order valence-electron chi connectivity index (χ4n) is 1.96. The predicted molar refractivity (Wildman–Crippen MR) is 61.5 cm³/mol. The van der Waals surface area contributed by atoms with Crippen LogP contribution in [0.1, 0.15) is 47.3 Å². The van der Waals surface area contributed by atoms with Gasteiger partial charge in [0.15, 0.2) is 0 Å². The van der Waals surface area contributed by atoms with E-state index < -0.39 is 5.97 Å². The summed E-state index contributed by atoms with van der Waals surface area (Å²) in [5, 5.41) is 9.08. The Labute approximate surface area is 90.9 Å². The van der Waals surface area contributed by atoms with Crippen molar-refractivity contribution >= 4 is 5.97 Å². The van der Waals surface area contributed by atoms with Crippen molar-refractivity contribution in [2.75, 3.05) is 0 Å². The minimum absolute atomic E-state index is 0.464. The van der Waals surface area contributed by atoms with Gasteiger partial charge in [0.1, 0.15) is 0 Å². The van der Waals surface area contributed by atoms with Gasteiger partial charge in [-0.1, -0.05) is 26.3 Å². The zero-order valence-corrected chi connectivity index (χ0v) is 9.63. The standard InChI is InChI=1S/C13H18O2/c1-4-6-11-9(3)10(5-2)7-8-12(11)13(14)15/h7-8H,4-6H2,1-3H3,(H,14,15). The Balaban J connectivity index is 3.30. The Hall–Kier alpha value is -1.31. The summed E-state index contributed by atoms with van der Waals surface area (Å²) in [6.45, 7) is 6.19. The van der Waals surface area contributed by atoms with Crippen LogP contribution in [0, 0.1) is 6.92 Å². The first-order valence-electron chi connectivity index (χ1n) is 5.46.